The summed E-state index contributed by atoms with van der Waals surface area (Å²) in [6, 6.07) is -0.833. The fraction of sp³-hybridized carbons (Fsp3) is 0.500. The van der Waals surface area contributed by atoms with Crippen LogP contribution in [0.15, 0.2) is 0 Å². The molecule has 0 rings (SSSR count). The minimum absolute atomic E-state index is 0.0960. The van der Waals surface area contributed by atoms with Crippen molar-refractivity contribution in [3.05, 3.63) is 0 Å². The van der Waals surface area contributed by atoms with Gasteiger partial charge in [0, 0.05) is 12.8 Å². The molecule has 6 heteroatoms. The van der Waals surface area contributed by atoms with E-state index in [-0.39, 0.29) is 6.42 Å². The van der Waals surface area contributed by atoms with Crippen molar-refractivity contribution < 1.29 is 19.5 Å². The van der Waals surface area contributed by atoms with Gasteiger partial charge in [0.15, 0.2) is 0 Å². The number of aliphatic carboxylic acids is 1. The smallest absolute Gasteiger partial charge is 0.309 e. The molecular formula is C6H12N2O4. The van der Waals surface area contributed by atoms with E-state index in [2.05, 4.69) is 11.5 Å². The molecule has 0 aromatic rings. The van der Waals surface area contributed by atoms with Gasteiger partial charge in [0.2, 0.25) is 0 Å². The molecule has 0 spiro atoms. The third-order valence-corrected chi connectivity index (χ3v) is 0.713. The molecule has 2 amide bonds. The van der Waals surface area contributed by atoms with E-state index in [4.69, 9.17) is 9.90 Å². The van der Waals surface area contributed by atoms with Crippen LogP contribution in [0.2, 0.25) is 0 Å². The van der Waals surface area contributed by atoms with Crippen LogP contribution in [-0.4, -0.2) is 23.4 Å². The Hall–Kier alpha value is -1.59. The maximum Gasteiger partial charge on any atom is 0.309 e. The van der Waals surface area contributed by atoms with Crippen LogP contribution in [0.5, 0.6) is 0 Å². The first-order chi connectivity index (χ1) is 5.50. The van der Waals surface area contributed by atoms with Crippen molar-refractivity contribution in [2.45, 2.75) is 19.3 Å². The molecule has 0 atom stereocenters. The van der Waals surface area contributed by atoms with Crippen LogP contribution in [0.3, 0.4) is 0 Å². The molecule has 5 N–H and O–H groups in total. The van der Waals surface area contributed by atoms with Gasteiger partial charge in [-0.05, 0) is 6.42 Å². The molecule has 0 aromatic heterocycles. The summed E-state index contributed by atoms with van der Waals surface area (Å²) in [4.78, 5) is 28.4. The minimum Gasteiger partial charge on any atom is -0.481 e. The minimum atomic E-state index is -0.841. The van der Waals surface area contributed by atoms with Crippen LogP contribution < -0.4 is 11.5 Å². The average molecular weight is 176 g/mol. The molecule has 0 bridgehead atoms. The maximum absolute atomic E-state index is 9.76. The van der Waals surface area contributed by atoms with E-state index >= 15 is 0 Å². The van der Waals surface area contributed by atoms with Gasteiger partial charge in [0.25, 0.3) is 0 Å². The average Bonchev–Trinajstić information content (AvgIpc) is 1.86. The van der Waals surface area contributed by atoms with E-state index in [1.54, 1.807) is 0 Å². The number of carboxylic acid groups (broad SMARTS) is 1. The summed E-state index contributed by atoms with van der Waals surface area (Å²) in [5, 5.41) is 8.02. The predicted octanol–water partition coefficient (Wildman–Crippen LogP) is -0.536. The van der Waals surface area contributed by atoms with E-state index in [1.807, 2.05) is 0 Å². The molecule has 0 saturated heterocycles. The summed E-state index contributed by atoms with van der Waals surface area (Å²) in [6.45, 7) is 0. The largest absolute Gasteiger partial charge is 0.481 e. The van der Waals surface area contributed by atoms with Crippen LogP contribution in [0.25, 0.3) is 0 Å². The van der Waals surface area contributed by atoms with Crippen LogP contribution in [0.4, 0.5) is 4.79 Å². The first-order valence-electron chi connectivity index (χ1n) is 3.21. The van der Waals surface area contributed by atoms with Gasteiger partial charge in [-0.15, -0.1) is 0 Å². The second-order valence-corrected chi connectivity index (χ2v) is 1.86. The Balaban J connectivity index is 0. The number of carbonyl (C=O) groups is 3. The van der Waals surface area contributed by atoms with Crippen LogP contribution in [0, 0.1) is 0 Å². The second kappa shape index (κ2) is 9.41. The number of nitrogens with two attached hydrogens (primary N) is 2. The first kappa shape index (κ1) is 13.0. The van der Waals surface area contributed by atoms with Gasteiger partial charge in [0.05, 0.1) is 0 Å². The molecule has 0 fully saturated rings. The molecular weight excluding hydrogens is 164 g/mol. The van der Waals surface area contributed by atoms with Gasteiger partial charge in [-0.2, -0.15) is 0 Å². The highest BCUT2D eigenvalue weighted by molar-refractivity contribution is 5.69. The Kier molecular flexibility index (Phi) is 10.2. The van der Waals surface area contributed by atoms with Gasteiger partial charge >= 0.3 is 12.0 Å². The lowest BCUT2D eigenvalue weighted by Crippen LogP contribution is -2.18. The summed E-state index contributed by atoms with van der Waals surface area (Å²) >= 11 is 0. The predicted molar refractivity (Wildman–Crippen MR) is 41.3 cm³/mol. The van der Waals surface area contributed by atoms with Crippen LogP contribution in [0.1, 0.15) is 19.3 Å². The molecule has 0 aliphatic heterocycles. The van der Waals surface area contributed by atoms with Crippen molar-refractivity contribution in [3.8, 4) is 0 Å². The number of carboxylic acids is 1. The number of carbonyl (C=O) groups excluding carboxylic acids is 2. The highest BCUT2D eigenvalue weighted by Gasteiger charge is 1.93. The zero-order valence-corrected chi connectivity index (χ0v) is 6.53. The van der Waals surface area contributed by atoms with Crippen molar-refractivity contribution in [2.24, 2.45) is 11.5 Å². The number of unbranched alkanes of at least 4 members (excludes halogenated alkanes) is 1. The van der Waals surface area contributed by atoms with Crippen molar-refractivity contribution in [1.29, 1.82) is 0 Å². The lowest BCUT2D eigenvalue weighted by molar-refractivity contribution is -0.137. The molecule has 0 radical (unpaired) electrons. The van der Waals surface area contributed by atoms with Gasteiger partial charge in [0.1, 0.15) is 6.29 Å². The number of amides is 2. The Morgan fingerprint density at radius 2 is 1.75 bits per heavy atom. The number of urea groups is 1. The second-order valence-electron chi connectivity index (χ2n) is 1.86. The molecule has 70 valence electrons. The molecule has 0 saturated carbocycles. The van der Waals surface area contributed by atoms with Crippen molar-refractivity contribution in [1.82, 2.24) is 0 Å². The summed E-state index contributed by atoms with van der Waals surface area (Å²) in [7, 11) is 0. The van der Waals surface area contributed by atoms with Gasteiger partial charge in [-0.1, -0.05) is 0 Å². The van der Waals surface area contributed by atoms with Gasteiger partial charge in [-0.25, -0.2) is 4.79 Å². The van der Waals surface area contributed by atoms with E-state index in [1.165, 1.54) is 0 Å². The summed E-state index contributed by atoms with van der Waals surface area (Å²) in [6.07, 6.45) is 1.63. The van der Waals surface area contributed by atoms with Gasteiger partial charge < -0.3 is 21.4 Å². The Labute approximate surface area is 69.5 Å². The van der Waals surface area contributed by atoms with E-state index < -0.39 is 12.0 Å². The monoisotopic (exact) mass is 176 g/mol. The zero-order valence-electron chi connectivity index (χ0n) is 6.53. The van der Waals surface area contributed by atoms with E-state index in [0.717, 1.165) is 6.29 Å². The molecule has 0 unspecified atom stereocenters. The van der Waals surface area contributed by atoms with Crippen molar-refractivity contribution in [3.63, 3.8) is 0 Å². The summed E-state index contributed by atoms with van der Waals surface area (Å²) in [5.74, 6) is -0.841. The van der Waals surface area contributed by atoms with Gasteiger partial charge in [-0.3, -0.25) is 4.79 Å². The normalized spacial score (nSPS) is 7.67. The maximum atomic E-state index is 9.76. The number of primary amides is 2. The van der Waals surface area contributed by atoms with Crippen LogP contribution in [-0.2, 0) is 9.59 Å². The number of rotatable bonds is 4. The molecule has 6 nitrogen and oxygen atoms in total. The fourth-order valence-corrected chi connectivity index (χ4v) is 0.337. The first-order valence-corrected chi connectivity index (χ1v) is 3.21. The fourth-order valence-electron chi connectivity index (χ4n) is 0.337. The number of hydrogen-bond acceptors (Lipinski definition) is 3. The molecule has 12 heavy (non-hydrogen) atoms. The number of hydrogen-bond donors (Lipinski definition) is 3. The lowest BCUT2D eigenvalue weighted by atomic mass is 10.2. The van der Waals surface area contributed by atoms with E-state index in [9.17, 15) is 9.59 Å². The van der Waals surface area contributed by atoms with E-state index in [0.29, 0.717) is 12.8 Å². The Morgan fingerprint density at radius 3 is 2.00 bits per heavy atom. The van der Waals surface area contributed by atoms with Crippen molar-refractivity contribution in [2.75, 3.05) is 0 Å². The van der Waals surface area contributed by atoms with Crippen LogP contribution >= 0.6 is 0 Å². The third-order valence-electron chi connectivity index (χ3n) is 0.713. The SMILES string of the molecule is NC(N)=O.O=CCCCC(=O)O. The third kappa shape index (κ3) is 39.7. The Morgan fingerprint density at radius 1 is 1.33 bits per heavy atom. The summed E-state index contributed by atoms with van der Waals surface area (Å²) in [5.41, 5.74) is 8.50. The highest BCUT2D eigenvalue weighted by Crippen LogP contribution is 1.90. The lowest BCUT2D eigenvalue weighted by Gasteiger charge is -1.85. The molecule has 0 aromatic carbocycles. The quantitative estimate of drug-likeness (QED) is 0.393. The standard InChI is InChI=1S/C5H8O3.CH4N2O/c6-4-2-1-3-5(7)8;2-1(3)4/h4H,1-3H2,(H,7,8);(H4,2,3,4). The van der Waals surface area contributed by atoms with Crippen molar-refractivity contribution >= 4 is 18.3 Å². The molecule has 0 heterocycles. The Bertz CT molecular complexity index is 154. The topological polar surface area (TPSA) is 123 Å². The number of aldehydes is 1. The zero-order chi connectivity index (χ0) is 9.98. The molecule has 0 aliphatic carbocycles. The summed E-state index contributed by atoms with van der Waals surface area (Å²) < 4.78 is 0. The molecule has 0 aliphatic rings. The highest BCUT2D eigenvalue weighted by atomic mass is 16.4.